The van der Waals surface area contributed by atoms with Gasteiger partial charge in [0, 0.05) is 17.8 Å². The van der Waals surface area contributed by atoms with Crippen molar-refractivity contribution in [3.8, 4) is 0 Å². The molecule has 0 unspecified atom stereocenters. The summed E-state index contributed by atoms with van der Waals surface area (Å²) in [7, 11) is 0. The van der Waals surface area contributed by atoms with Gasteiger partial charge >= 0.3 is 5.97 Å². The topological polar surface area (TPSA) is 66.8 Å². The van der Waals surface area contributed by atoms with E-state index in [0.717, 1.165) is 0 Å². The maximum Gasteiger partial charge on any atom is 0.309 e. The van der Waals surface area contributed by atoms with Crippen LogP contribution < -0.4 is 0 Å². The van der Waals surface area contributed by atoms with E-state index in [1.807, 2.05) is 0 Å². The molecule has 4 heteroatoms. The molecule has 3 aliphatic rings. The number of aliphatic hydroxyl groups excluding tert-OH is 2. The number of hydrogen-bond acceptors (Lipinski definition) is 4. The summed E-state index contributed by atoms with van der Waals surface area (Å²) in [6.45, 7) is 0.388. The maximum absolute atomic E-state index is 11.3. The Balaban J connectivity index is 1.98. The molecule has 0 aromatic rings. The van der Waals surface area contributed by atoms with Gasteiger partial charge in [0.2, 0.25) is 0 Å². The van der Waals surface area contributed by atoms with E-state index in [9.17, 15) is 15.0 Å². The van der Waals surface area contributed by atoms with Crippen molar-refractivity contribution in [2.45, 2.75) is 18.6 Å². The summed E-state index contributed by atoms with van der Waals surface area (Å²) in [5.74, 6) is -0.426. The number of carbonyl (C=O) groups excluding carboxylic acids is 1. The third-order valence-corrected chi connectivity index (χ3v) is 3.90. The van der Waals surface area contributed by atoms with Crippen molar-refractivity contribution in [3.05, 3.63) is 0 Å². The molecule has 0 radical (unpaired) electrons. The molecule has 0 spiro atoms. The maximum atomic E-state index is 11.3. The summed E-state index contributed by atoms with van der Waals surface area (Å²) < 4.78 is 4.94. The van der Waals surface area contributed by atoms with Crippen molar-refractivity contribution in [2.24, 2.45) is 23.7 Å². The van der Waals surface area contributed by atoms with Gasteiger partial charge < -0.3 is 14.9 Å². The van der Waals surface area contributed by atoms with E-state index in [1.165, 1.54) is 0 Å². The minimum Gasteiger partial charge on any atom is -0.465 e. The van der Waals surface area contributed by atoms with Gasteiger partial charge in [-0.15, -0.1) is 0 Å². The molecule has 1 heterocycles. The van der Waals surface area contributed by atoms with Crippen molar-refractivity contribution in [1.82, 2.24) is 0 Å². The van der Waals surface area contributed by atoms with Crippen LogP contribution in [0.2, 0.25) is 0 Å². The summed E-state index contributed by atoms with van der Waals surface area (Å²) in [5, 5.41) is 19.4. The number of cyclic esters (lactones) is 1. The Morgan fingerprint density at radius 2 is 2.08 bits per heavy atom. The highest BCUT2D eigenvalue weighted by Crippen LogP contribution is 2.55. The van der Waals surface area contributed by atoms with E-state index in [2.05, 4.69) is 0 Å². The number of rotatable bonds is 0. The van der Waals surface area contributed by atoms with Crippen LogP contribution in [0.25, 0.3) is 0 Å². The minimum absolute atomic E-state index is 0.0556. The molecule has 2 saturated carbocycles. The minimum atomic E-state index is -0.488. The first-order valence-electron chi connectivity index (χ1n) is 4.73. The highest BCUT2D eigenvalue weighted by Gasteiger charge is 2.63. The van der Waals surface area contributed by atoms with E-state index in [4.69, 9.17) is 4.74 Å². The average molecular weight is 184 g/mol. The Hall–Kier alpha value is -0.610. The lowest BCUT2D eigenvalue weighted by atomic mass is 9.80. The summed E-state index contributed by atoms with van der Waals surface area (Å²) in [4.78, 5) is 11.3. The summed E-state index contributed by atoms with van der Waals surface area (Å²) >= 11 is 0. The molecule has 0 aromatic carbocycles. The van der Waals surface area contributed by atoms with Crippen LogP contribution in [-0.2, 0) is 9.53 Å². The summed E-state index contributed by atoms with van der Waals surface area (Å²) in [5.41, 5.74) is 0. The smallest absolute Gasteiger partial charge is 0.309 e. The van der Waals surface area contributed by atoms with Crippen molar-refractivity contribution >= 4 is 5.97 Å². The standard InChI is InChI=1S/C9H12O4/c10-5-1-3-6-4(2-13-9(6)12)7(5)8(3)11/h3-8,10-11H,1-2H2/t3-,4+,5+,6+,7+,8-/m1/s1. The third kappa shape index (κ3) is 0.758. The van der Waals surface area contributed by atoms with Gasteiger partial charge in [-0.05, 0) is 6.42 Å². The Morgan fingerprint density at radius 1 is 1.31 bits per heavy atom. The molecular formula is C9H12O4. The van der Waals surface area contributed by atoms with Gasteiger partial charge in [-0.2, -0.15) is 0 Å². The van der Waals surface area contributed by atoms with E-state index in [1.54, 1.807) is 0 Å². The van der Waals surface area contributed by atoms with Crippen LogP contribution in [-0.4, -0.2) is 35.0 Å². The second-order valence-electron chi connectivity index (χ2n) is 4.35. The lowest BCUT2D eigenvalue weighted by Crippen LogP contribution is -2.31. The number of fused-ring (bicyclic) bond motifs is 5. The molecule has 1 aliphatic heterocycles. The zero-order chi connectivity index (χ0) is 9.16. The van der Waals surface area contributed by atoms with E-state index in [0.29, 0.717) is 13.0 Å². The van der Waals surface area contributed by atoms with Crippen LogP contribution in [0.5, 0.6) is 0 Å². The SMILES string of the molecule is O=C1OC[C@H]2[C@@H]1[C@H]1C[C@H](O)[C@H]2[C@@H]1O. The number of esters is 1. The molecule has 6 atom stereocenters. The van der Waals surface area contributed by atoms with E-state index >= 15 is 0 Å². The van der Waals surface area contributed by atoms with Gasteiger partial charge in [0.1, 0.15) is 0 Å². The monoisotopic (exact) mass is 184 g/mol. The number of hydrogen-bond donors (Lipinski definition) is 2. The molecule has 13 heavy (non-hydrogen) atoms. The van der Waals surface area contributed by atoms with Crippen molar-refractivity contribution in [3.63, 3.8) is 0 Å². The Labute approximate surface area is 75.5 Å². The fourth-order valence-corrected chi connectivity index (χ4v) is 3.38. The van der Waals surface area contributed by atoms with Crippen molar-refractivity contribution in [1.29, 1.82) is 0 Å². The lowest BCUT2D eigenvalue weighted by molar-refractivity contribution is -0.143. The van der Waals surface area contributed by atoms with Crippen LogP contribution in [0, 0.1) is 23.7 Å². The molecule has 3 rings (SSSR count). The number of ether oxygens (including phenoxy) is 1. The van der Waals surface area contributed by atoms with Crippen LogP contribution in [0.15, 0.2) is 0 Å². The Kier molecular flexibility index (Phi) is 1.34. The van der Waals surface area contributed by atoms with Gasteiger partial charge in [-0.3, -0.25) is 4.79 Å². The quantitative estimate of drug-likeness (QED) is 0.481. The van der Waals surface area contributed by atoms with E-state index in [-0.39, 0.29) is 29.6 Å². The fraction of sp³-hybridized carbons (Fsp3) is 0.889. The third-order valence-electron chi connectivity index (χ3n) is 3.90. The van der Waals surface area contributed by atoms with E-state index < -0.39 is 12.2 Å². The lowest BCUT2D eigenvalue weighted by Gasteiger charge is -2.23. The summed E-state index contributed by atoms with van der Waals surface area (Å²) in [6, 6.07) is 0. The molecule has 1 saturated heterocycles. The number of aliphatic hydroxyl groups is 2. The van der Waals surface area contributed by atoms with Gasteiger partial charge in [-0.25, -0.2) is 0 Å². The highest BCUT2D eigenvalue weighted by molar-refractivity contribution is 5.76. The Morgan fingerprint density at radius 3 is 2.85 bits per heavy atom. The van der Waals surface area contributed by atoms with Gasteiger partial charge in [0.05, 0.1) is 24.7 Å². The molecular weight excluding hydrogens is 172 g/mol. The van der Waals surface area contributed by atoms with Crippen LogP contribution in [0.4, 0.5) is 0 Å². The molecule has 3 fully saturated rings. The average Bonchev–Trinajstić information content (AvgIpc) is 2.64. The first-order valence-corrected chi connectivity index (χ1v) is 4.73. The molecule has 2 bridgehead atoms. The van der Waals surface area contributed by atoms with Crippen molar-refractivity contribution < 1.29 is 19.7 Å². The predicted octanol–water partition coefficient (Wildman–Crippen LogP) is -0.853. The van der Waals surface area contributed by atoms with Crippen molar-refractivity contribution in [2.75, 3.05) is 6.61 Å². The molecule has 0 aromatic heterocycles. The highest BCUT2D eigenvalue weighted by atomic mass is 16.5. The normalized spacial score (nSPS) is 58.2. The zero-order valence-electron chi connectivity index (χ0n) is 7.09. The zero-order valence-corrected chi connectivity index (χ0v) is 7.09. The first-order chi connectivity index (χ1) is 6.20. The summed E-state index contributed by atoms with van der Waals surface area (Å²) in [6.07, 6.45) is -0.365. The predicted molar refractivity (Wildman–Crippen MR) is 41.5 cm³/mol. The molecule has 0 amide bonds. The molecule has 2 aliphatic carbocycles. The van der Waals surface area contributed by atoms with Crippen LogP contribution >= 0.6 is 0 Å². The van der Waals surface area contributed by atoms with Gasteiger partial charge in [0.15, 0.2) is 0 Å². The largest absolute Gasteiger partial charge is 0.465 e. The van der Waals surface area contributed by atoms with Gasteiger partial charge in [-0.1, -0.05) is 0 Å². The molecule has 4 nitrogen and oxygen atoms in total. The second-order valence-corrected chi connectivity index (χ2v) is 4.35. The first kappa shape index (κ1) is 7.76. The molecule has 2 N–H and O–H groups in total. The van der Waals surface area contributed by atoms with Crippen LogP contribution in [0.1, 0.15) is 6.42 Å². The Bertz CT molecular complexity index is 262. The van der Waals surface area contributed by atoms with Gasteiger partial charge in [0.25, 0.3) is 0 Å². The number of carbonyl (C=O) groups is 1. The van der Waals surface area contributed by atoms with Crippen LogP contribution in [0.3, 0.4) is 0 Å². The second kappa shape index (κ2) is 2.25. The fourth-order valence-electron chi connectivity index (χ4n) is 3.38. The molecule has 72 valence electrons.